The number of hydrogen-bond donors (Lipinski definition) is 1. The van der Waals surface area contributed by atoms with Gasteiger partial charge in [0.15, 0.2) is 5.69 Å². The lowest BCUT2D eigenvalue weighted by Crippen LogP contribution is -2.46. The molecule has 20 heavy (non-hydrogen) atoms. The summed E-state index contributed by atoms with van der Waals surface area (Å²) in [5.41, 5.74) is 0.306. The van der Waals surface area contributed by atoms with Gasteiger partial charge in [-0.25, -0.2) is 4.79 Å². The molecule has 7 nitrogen and oxygen atoms in total. The third kappa shape index (κ3) is 3.66. The Morgan fingerprint density at radius 2 is 2.20 bits per heavy atom. The van der Waals surface area contributed by atoms with Crippen LogP contribution in [0.25, 0.3) is 0 Å². The van der Waals surface area contributed by atoms with Gasteiger partial charge in [0.1, 0.15) is 0 Å². The summed E-state index contributed by atoms with van der Waals surface area (Å²) in [4.78, 5) is 25.1. The minimum Gasteiger partial charge on any atom is -0.450 e. The number of nitrogens with zero attached hydrogens (tertiary/aromatic N) is 3. The van der Waals surface area contributed by atoms with Gasteiger partial charge in [0.2, 0.25) is 0 Å². The van der Waals surface area contributed by atoms with Crippen molar-refractivity contribution in [2.75, 3.05) is 19.7 Å². The number of piperidine rings is 1. The number of likely N-dealkylation sites (tertiary alicyclic amines) is 1. The molecule has 108 valence electrons. The first-order valence-electron chi connectivity index (χ1n) is 6.71. The van der Waals surface area contributed by atoms with Crippen molar-refractivity contribution in [3.8, 4) is 0 Å². The summed E-state index contributed by atoms with van der Waals surface area (Å²) in [5, 5.41) is 10.3. The highest BCUT2D eigenvalue weighted by molar-refractivity contribution is 5.92. The topological polar surface area (TPSA) is 84.4 Å². The van der Waals surface area contributed by atoms with Crippen molar-refractivity contribution < 1.29 is 14.3 Å². The first-order valence-corrected chi connectivity index (χ1v) is 6.71. The molecule has 0 radical (unpaired) electrons. The van der Waals surface area contributed by atoms with Gasteiger partial charge in [-0.2, -0.15) is 5.10 Å². The molecule has 1 aromatic rings. The van der Waals surface area contributed by atoms with Crippen LogP contribution in [-0.4, -0.2) is 52.8 Å². The molecule has 1 saturated heterocycles. The van der Waals surface area contributed by atoms with Crippen LogP contribution in [0.5, 0.6) is 0 Å². The Balaban J connectivity index is 1.80. The van der Waals surface area contributed by atoms with Crippen molar-refractivity contribution in [3.63, 3.8) is 0 Å². The molecule has 2 rings (SSSR count). The predicted molar refractivity (Wildman–Crippen MR) is 71.1 cm³/mol. The Bertz CT molecular complexity index is 458. The molecule has 0 atom stereocenters. The fourth-order valence-corrected chi connectivity index (χ4v) is 2.10. The van der Waals surface area contributed by atoms with Crippen LogP contribution in [0, 0.1) is 0 Å². The first-order chi connectivity index (χ1) is 9.70. The molecule has 0 spiro atoms. The van der Waals surface area contributed by atoms with E-state index in [0.29, 0.717) is 38.2 Å². The Morgan fingerprint density at radius 3 is 2.80 bits per heavy atom. The van der Waals surface area contributed by atoms with Crippen molar-refractivity contribution in [2.45, 2.75) is 25.8 Å². The van der Waals surface area contributed by atoms with Crippen LogP contribution in [0.2, 0.25) is 0 Å². The smallest absolute Gasteiger partial charge is 0.409 e. The van der Waals surface area contributed by atoms with Crippen LogP contribution in [0.1, 0.15) is 30.3 Å². The van der Waals surface area contributed by atoms with Crippen LogP contribution in [0.15, 0.2) is 18.3 Å². The van der Waals surface area contributed by atoms with Crippen LogP contribution in [-0.2, 0) is 4.74 Å². The molecular formula is C13H18N4O3. The van der Waals surface area contributed by atoms with Crippen molar-refractivity contribution in [3.05, 3.63) is 24.0 Å². The van der Waals surface area contributed by atoms with Crippen LogP contribution in [0.3, 0.4) is 0 Å². The largest absolute Gasteiger partial charge is 0.450 e. The predicted octanol–water partition coefficient (Wildman–Crippen LogP) is 0.827. The number of nitrogens with one attached hydrogen (secondary N) is 1. The van der Waals surface area contributed by atoms with Crippen LogP contribution in [0.4, 0.5) is 4.79 Å². The van der Waals surface area contributed by atoms with Crippen molar-refractivity contribution in [2.24, 2.45) is 0 Å². The van der Waals surface area contributed by atoms with Gasteiger partial charge in [0.25, 0.3) is 5.91 Å². The lowest BCUT2D eigenvalue weighted by Gasteiger charge is -2.31. The SMILES string of the molecule is CCOC(=O)N1CCC(NC(=O)c2cccnn2)CC1. The van der Waals surface area contributed by atoms with Gasteiger partial charge < -0.3 is 15.0 Å². The fourth-order valence-electron chi connectivity index (χ4n) is 2.10. The van der Waals surface area contributed by atoms with Gasteiger partial charge in [-0.1, -0.05) is 0 Å². The van der Waals surface area contributed by atoms with E-state index in [9.17, 15) is 9.59 Å². The van der Waals surface area contributed by atoms with Crippen LogP contribution >= 0.6 is 0 Å². The number of ether oxygens (including phenoxy) is 1. The minimum absolute atomic E-state index is 0.0511. The van der Waals surface area contributed by atoms with E-state index in [4.69, 9.17) is 4.74 Å². The molecule has 2 amide bonds. The summed E-state index contributed by atoms with van der Waals surface area (Å²) in [6, 6.07) is 3.34. The number of aromatic nitrogens is 2. The van der Waals surface area contributed by atoms with E-state index in [-0.39, 0.29) is 18.0 Å². The van der Waals surface area contributed by atoms with E-state index >= 15 is 0 Å². The van der Waals surface area contributed by atoms with Crippen molar-refractivity contribution in [1.82, 2.24) is 20.4 Å². The minimum atomic E-state index is -0.286. The molecule has 0 bridgehead atoms. The summed E-state index contributed by atoms with van der Waals surface area (Å²) in [7, 11) is 0. The zero-order valence-corrected chi connectivity index (χ0v) is 11.4. The molecule has 1 aliphatic rings. The second-order valence-corrected chi connectivity index (χ2v) is 4.54. The van der Waals surface area contributed by atoms with Gasteiger partial charge in [-0.05, 0) is 31.9 Å². The van der Waals surface area contributed by atoms with Gasteiger partial charge in [0.05, 0.1) is 6.61 Å². The highest BCUT2D eigenvalue weighted by atomic mass is 16.6. The lowest BCUT2D eigenvalue weighted by atomic mass is 10.1. The maximum Gasteiger partial charge on any atom is 0.409 e. The number of rotatable bonds is 3. The zero-order valence-electron chi connectivity index (χ0n) is 11.4. The zero-order chi connectivity index (χ0) is 14.4. The highest BCUT2D eigenvalue weighted by Crippen LogP contribution is 2.12. The number of hydrogen-bond acceptors (Lipinski definition) is 5. The second kappa shape index (κ2) is 6.83. The highest BCUT2D eigenvalue weighted by Gasteiger charge is 2.25. The summed E-state index contributed by atoms with van der Waals surface area (Å²) in [6.07, 6.45) is 2.66. The number of carbonyl (C=O) groups excluding carboxylic acids is 2. The second-order valence-electron chi connectivity index (χ2n) is 4.54. The maximum atomic E-state index is 11.9. The molecule has 0 unspecified atom stereocenters. The first kappa shape index (κ1) is 14.2. The summed E-state index contributed by atoms with van der Waals surface area (Å²) in [5.74, 6) is -0.229. The monoisotopic (exact) mass is 278 g/mol. The van der Waals surface area contributed by atoms with Gasteiger partial charge in [-0.15, -0.1) is 5.10 Å². The Morgan fingerprint density at radius 1 is 1.45 bits per heavy atom. The van der Waals surface area contributed by atoms with E-state index in [0.717, 1.165) is 0 Å². The van der Waals surface area contributed by atoms with E-state index in [1.165, 1.54) is 6.20 Å². The van der Waals surface area contributed by atoms with Crippen molar-refractivity contribution >= 4 is 12.0 Å². The Hall–Kier alpha value is -2.18. The van der Waals surface area contributed by atoms with Gasteiger partial charge >= 0.3 is 6.09 Å². The Labute approximate surface area is 117 Å². The summed E-state index contributed by atoms with van der Waals surface area (Å²) < 4.78 is 4.95. The third-order valence-electron chi connectivity index (χ3n) is 3.16. The van der Waals surface area contributed by atoms with Gasteiger partial charge in [-0.3, -0.25) is 4.79 Å². The average Bonchev–Trinajstić information content (AvgIpc) is 2.49. The standard InChI is InChI=1S/C13H18N4O3/c1-2-20-13(19)17-8-5-10(6-9-17)15-12(18)11-4-3-7-14-16-11/h3-4,7,10H,2,5-6,8-9H2,1H3,(H,15,18). The van der Waals surface area contributed by atoms with E-state index < -0.39 is 0 Å². The molecule has 1 fully saturated rings. The van der Waals surface area contributed by atoms with Crippen molar-refractivity contribution in [1.29, 1.82) is 0 Å². The van der Waals surface area contributed by atoms with Gasteiger partial charge in [0, 0.05) is 25.3 Å². The molecule has 1 aliphatic heterocycles. The summed E-state index contributed by atoms with van der Waals surface area (Å²) >= 11 is 0. The molecule has 0 aliphatic carbocycles. The normalized spacial score (nSPS) is 15.8. The Kier molecular flexibility index (Phi) is 4.86. The quantitative estimate of drug-likeness (QED) is 0.885. The number of amides is 2. The molecule has 2 heterocycles. The summed E-state index contributed by atoms with van der Waals surface area (Å²) in [6.45, 7) is 3.34. The molecule has 0 aromatic carbocycles. The molecule has 1 aromatic heterocycles. The molecule has 1 N–H and O–H groups in total. The number of carbonyl (C=O) groups is 2. The molecule has 7 heteroatoms. The average molecular weight is 278 g/mol. The third-order valence-corrected chi connectivity index (χ3v) is 3.16. The van der Waals surface area contributed by atoms with E-state index in [2.05, 4.69) is 15.5 Å². The van der Waals surface area contributed by atoms with Crippen LogP contribution < -0.4 is 5.32 Å². The van der Waals surface area contributed by atoms with E-state index in [1.54, 1.807) is 24.0 Å². The molecular weight excluding hydrogens is 260 g/mol. The fraction of sp³-hybridized carbons (Fsp3) is 0.538. The molecule has 0 saturated carbocycles. The van der Waals surface area contributed by atoms with E-state index in [1.807, 2.05) is 0 Å². The maximum absolute atomic E-state index is 11.9. The lowest BCUT2D eigenvalue weighted by molar-refractivity contribution is 0.0856.